The monoisotopic (exact) mass is 271 g/mol. The van der Waals surface area contributed by atoms with E-state index in [1.54, 1.807) is 4.90 Å². The number of nitrogens with zero attached hydrogens (tertiary/aromatic N) is 2. The van der Waals surface area contributed by atoms with Crippen molar-refractivity contribution in [3.05, 3.63) is 0 Å². The van der Waals surface area contributed by atoms with Crippen molar-refractivity contribution in [3.63, 3.8) is 0 Å². The third kappa shape index (κ3) is 4.14. The molecule has 0 spiro atoms. The van der Waals surface area contributed by atoms with E-state index in [0.717, 1.165) is 39.1 Å². The average molecular weight is 271 g/mol. The number of carbonyl (C=O) groups is 1. The van der Waals surface area contributed by atoms with E-state index in [1.807, 2.05) is 0 Å². The summed E-state index contributed by atoms with van der Waals surface area (Å²) < 4.78 is 5.32. The molecule has 0 aliphatic carbocycles. The van der Waals surface area contributed by atoms with Gasteiger partial charge in [-0.25, -0.2) is 0 Å². The summed E-state index contributed by atoms with van der Waals surface area (Å²) in [6, 6.07) is 0. The van der Waals surface area contributed by atoms with E-state index in [0.29, 0.717) is 26.1 Å². The number of rotatable bonds is 3. The Bertz CT molecular complexity index is 308. The lowest BCUT2D eigenvalue weighted by molar-refractivity contribution is -0.129. The van der Waals surface area contributed by atoms with Crippen molar-refractivity contribution in [1.29, 1.82) is 0 Å². The third-order valence-electron chi connectivity index (χ3n) is 4.07. The van der Waals surface area contributed by atoms with Gasteiger partial charge in [0, 0.05) is 32.7 Å². The maximum absolute atomic E-state index is 11.6. The molecule has 3 N–H and O–H groups in total. The van der Waals surface area contributed by atoms with Gasteiger partial charge in [0.2, 0.25) is 5.91 Å². The highest BCUT2D eigenvalue weighted by Gasteiger charge is 2.33. The van der Waals surface area contributed by atoms with E-state index in [4.69, 9.17) is 10.5 Å². The van der Waals surface area contributed by atoms with Crippen LogP contribution >= 0.6 is 0 Å². The molecule has 2 saturated heterocycles. The minimum Gasteiger partial charge on any atom is -0.388 e. The van der Waals surface area contributed by atoms with Crippen LogP contribution in [0.2, 0.25) is 0 Å². The molecule has 2 aliphatic rings. The lowest BCUT2D eigenvalue weighted by Gasteiger charge is -2.35. The fraction of sp³-hybridized carbons (Fsp3) is 0.923. The number of carbonyl (C=O) groups excluding carboxylic acids is 1. The van der Waals surface area contributed by atoms with Crippen molar-refractivity contribution < 1.29 is 14.6 Å². The topological polar surface area (TPSA) is 79.0 Å². The van der Waals surface area contributed by atoms with Gasteiger partial charge in [-0.15, -0.1) is 0 Å². The fourth-order valence-electron chi connectivity index (χ4n) is 2.89. The molecule has 0 aromatic heterocycles. The van der Waals surface area contributed by atoms with Gasteiger partial charge >= 0.3 is 0 Å². The average Bonchev–Trinajstić information content (AvgIpc) is 2.61. The number of amides is 1. The molecular weight excluding hydrogens is 246 g/mol. The van der Waals surface area contributed by atoms with Gasteiger partial charge in [-0.05, 0) is 19.3 Å². The molecule has 1 atom stereocenters. The second kappa shape index (κ2) is 6.65. The molecule has 0 unspecified atom stereocenters. The first-order valence-corrected chi connectivity index (χ1v) is 7.13. The van der Waals surface area contributed by atoms with Crippen LogP contribution in [0.1, 0.15) is 19.3 Å². The van der Waals surface area contributed by atoms with Crippen molar-refractivity contribution in [2.75, 3.05) is 52.5 Å². The summed E-state index contributed by atoms with van der Waals surface area (Å²) in [5.74, 6) is -0.0179. The SMILES string of the molecule is NCC(=O)N1CCC[C@@](O)(CN2CCOCC2)CC1. The summed E-state index contributed by atoms with van der Waals surface area (Å²) in [6.45, 7) is 5.31. The molecule has 19 heavy (non-hydrogen) atoms. The highest BCUT2D eigenvalue weighted by Crippen LogP contribution is 2.24. The minimum absolute atomic E-state index is 0.0179. The van der Waals surface area contributed by atoms with Gasteiger partial charge in [0.05, 0.1) is 25.4 Å². The van der Waals surface area contributed by atoms with Gasteiger partial charge in [0.15, 0.2) is 0 Å². The van der Waals surface area contributed by atoms with Crippen LogP contribution in [-0.2, 0) is 9.53 Å². The number of hydrogen-bond donors (Lipinski definition) is 2. The maximum Gasteiger partial charge on any atom is 0.236 e. The van der Waals surface area contributed by atoms with Gasteiger partial charge in [0.1, 0.15) is 0 Å². The third-order valence-corrected chi connectivity index (χ3v) is 4.07. The molecule has 0 aromatic rings. The van der Waals surface area contributed by atoms with Gasteiger partial charge in [0.25, 0.3) is 0 Å². The zero-order chi connectivity index (χ0) is 13.7. The largest absolute Gasteiger partial charge is 0.388 e. The van der Waals surface area contributed by atoms with Gasteiger partial charge in [-0.1, -0.05) is 0 Å². The van der Waals surface area contributed by atoms with Crippen LogP contribution in [0.25, 0.3) is 0 Å². The van der Waals surface area contributed by atoms with E-state index in [1.165, 1.54) is 0 Å². The van der Waals surface area contributed by atoms with E-state index < -0.39 is 5.60 Å². The molecule has 0 radical (unpaired) electrons. The van der Waals surface area contributed by atoms with E-state index in [-0.39, 0.29) is 12.5 Å². The molecule has 1 amide bonds. The van der Waals surface area contributed by atoms with Crippen LogP contribution in [0.5, 0.6) is 0 Å². The fourth-order valence-corrected chi connectivity index (χ4v) is 2.89. The highest BCUT2D eigenvalue weighted by atomic mass is 16.5. The zero-order valence-electron chi connectivity index (χ0n) is 11.5. The quantitative estimate of drug-likeness (QED) is 0.690. The van der Waals surface area contributed by atoms with Crippen LogP contribution < -0.4 is 5.73 Å². The second-order valence-electron chi connectivity index (χ2n) is 5.55. The molecule has 6 nitrogen and oxygen atoms in total. The standard InChI is InChI=1S/C13H25N3O3/c14-10-12(17)16-4-1-2-13(18,3-5-16)11-15-6-8-19-9-7-15/h18H,1-11,14H2/t13-/m0/s1. The predicted molar refractivity (Wildman–Crippen MR) is 71.7 cm³/mol. The first-order valence-electron chi connectivity index (χ1n) is 7.13. The Labute approximate surface area is 114 Å². The van der Waals surface area contributed by atoms with Crippen molar-refractivity contribution in [2.45, 2.75) is 24.9 Å². The molecule has 0 aromatic carbocycles. The number of ether oxygens (including phenoxy) is 1. The number of β-amino-alcohol motifs (C(OH)–C–C–N with tert-alkyl or cyclic N) is 1. The molecule has 2 aliphatic heterocycles. The van der Waals surface area contributed by atoms with Crippen LogP contribution in [0.15, 0.2) is 0 Å². The Balaban J connectivity index is 1.87. The van der Waals surface area contributed by atoms with E-state index in [9.17, 15) is 9.90 Å². The van der Waals surface area contributed by atoms with Gasteiger partial charge < -0.3 is 20.5 Å². The first kappa shape index (κ1) is 14.7. The summed E-state index contributed by atoms with van der Waals surface area (Å²) in [5.41, 5.74) is 4.72. The summed E-state index contributed by atoms with van der Waals surface area (Å²) in [5, 5.41) is 10.7. The highest BCUT2D eigenvalue weighted by molar-refractivity contribution is 5.78. The van der Waals surface area contributed by atoms with Crippen molar-refractivity contribution in [1.82, 2.24) is 9.80 Å². The number of hydrogen-bond acceptors (Lipinski definition) is 5. The Kier molecular flexibility index (Phi) is 5.15. The van der Waals surface area contributed by atoms with Crippen LogP contribution in [0.3, 0.4) is 0 Å². The number of likely N-dealkylation sites (tertiary alicyclic amines) is 1. The maximum atomic E-state index is 11.6. The predicted octanol–water partition coefficient (Wildman–Crippen LogP) is -0.979. The Morgan fingerprint density at radius 2 is 1.95 bits per heavy atom. The number of morpholine rings is 1. The lowest BCUT2D eigenvalue weighted by Crippen LogP contribution is -2.48. The smallest absolute Gasteiger partial charge is 0.236 e. The second-order valence-corrected chi connectivity index (χ2v) is 5.55. The first-order chi connectivity index (χ1) is 9.13. The van der Waals surface area contributed by atoms with Crippen LogP contribution in [0.4, 0.5) is 0 Å². The molecule has 2 heterocycles. The molecular formula is C13H25N3O3. The summed E-state index contributed by atoms with van der Waals surface area (Å²) in [4.78, 5) is 15.6. The summed E-state index contributed by atoms with van der Waals surface area (Å²) in [6.07, 6.45) is 2.22. The Hall–Kier alpha value is -0.690. The lowest BCUT2D eigenvalue weighted by atomic mass is 9.94. The Morgan fingerprint density at radius 3 is 2.63 bits per heavy atom. The molecule has 2 rings (SSSR count). The van der Waals surface area contributed by atoms with E-state index >= 15 is 0 Å². The minimum atomic E-state index is -0.680. The molecule has 110 valence electrons. The molecule has 6 heteroatoms. The molecule has 0 bridgehead atoms. The van der Waals surface area contributed by atoms with Crippen molar-refractivity contribution in [3.8, 4) is 0 Å². The van der Waals surface area contributed by atoms with Crippen molar-refractivity contribution in [2.24, 2.45) is 5.73 Å². The van der Waals surface area contributed by atoms with E-state index in [2.05, 4.69) is 4.90 Å². The molecule has 0 saturated carbocycles. The van der Waals surface area contributed by atoms with Gasteiger partial charge in [-0.3, -0.25) is 9.69 Å². The normalized spacial score (nSPS) is 30.1. The molecule has 2 fully saturated rings. The van der Waals surface area contributed by atoms with Crippen LogP contribution in [-0.4, -0.2) is 78.9 Å². The number of nitrogens with two attached hydrogens (primary N) is 1. The zero-order valence-corrected chi connectivity index (χ0v) is 11.5. The van der Waals surface area contributed by atoms with Crippen LogP contribution in [0, 0.1) is 0 Å². The summed E-state index contributed by atoms with van der Waals surface area (Å²) >= 11 is 0. The Morgan fingerprint density at radius 1 is 1.21 bits per heavy atom. The summed E-state index contributed by atoms with van der Waals surface area (Å²) in [7, 11) is 0. The van der Waals surface area contributed by atoms with Crippen molar-refractivity contribution >= 4 is 5.91 Å². The number of aliphatic hydroxyl groups is 1. The van der Waals surface area contributed by atoms with Gasteiger partial charge in [-0.2, -0.15) is 0 Å².